The van der Waals surface area contributed by atoms with Gasteiger partial charge < -0.3 is 15.5 Å². The summed E-state index contributed by atoms with van der Waals surface area (Å²) < 4.78 is 1.21. The van der Waals surface area contributed by atoms with Gasteiger partial charge in [-0.05, 0) is 32.7 Å². The molecule has 2 heterocycles. The molecular weight excluding hydrogens is 282 g/mol. The Hall–Kier alpha value is -1.89. The van der Waals surface area contributed by atoms with Crippen molar-refractivity contribution in [1.29, 1.82) is 0 Å². The first-order chi connectivity index (χ1) is 10.4. The van der Waals surface area contributed by atoms with Gasteiger partial charge in [0.25, 0.3) is 5.56 Å². The Morgan fingerprint density at radius 2 is 2.27 bits per heavy atom. The van der Waals surface area contributed by atoms with E-state index >= 15 is 0 Å². The van der Waals surface area contributed by atoms with Gasteiger partial charge in [-0.1, -0.05) is 0 Å². The zero-order chi connectivity index (χ0) is 16.3. The molecule has 1 unspecified atom stereocenters. The number of nitrogens with two attached hydrogens (primary N) is 1. The highest BCUT2D eigenvalue weighted by Gasteiger charge is 2.22. The molecule has 0 bridgehead atoms. The first-order valence-electron chi connectivity index (χ1n) is 7.70. The van der Waals surface area contributed by atoms with E-state index in [1.54, 1.807) is 24.2 Å². The van der Waals surface area contributed by atoms with Gasteiger partial charge in [0.05, 0.1) is 11.9 Å². The van der Waals surface area contributed by atoms with Crippen molar-refractivity contribution in [3.63, 3.8) is 0 Å². The van der Waals surface area contributed by atoms with Crippen molar-refractivity contribution in [2.24, 2.45) is 11.7 Å². The van der Waals surface area contributed by atoms with Gasteiger partial charge in [0.1, 0.15) is 6.54 Å². The van der Waals surface area contributed by atoms with E-state index < -0.39 is 0 Å². The number of rotatable bonds is 5. The van der Waals surface area contributed by atoms with E-state index in [4.69, 9.17) is 5.73 Å². The van der Waals surface area contributed by atoms with Crippen LogP contribution < -0.4 is 16.2 Å². The fourth-order valence-electron chi connectivity index (χ4n) is 2.50. The van der Waals surface area contributed by atoms with Gasteiger partial charge in [0, 0.05) is 32.2 Å². The molecule has 1 aliphatic heterocycles. The van der Waals surface area contributed by atoms with E-state index in [2.05, 4.69) is 10.00 Å². The van der Waals surface area contributed by atoms with Crippen LogP contribution >= 0.6 is 0 Å². The number of amides is 1. The van der Waals surface area contributed by atoms with E-state index in [0.717, 1.165) is 25.2 Å². The quantitative estimate of drug-likeness (QED) is 0.821. The Balaban J connectivity index is 2.07. The van der Waals surface area contributed by atoms with Crippen molar-refractivity contribution >= 4 is 11.6 Å². The minimum absolute atomic E-state index is 0.0286. The normalized spacial score (nSPS) is 18.0. The van der Waals surface area contributed by atoms with E-state index in [1.807, 2.05) is 13.8 Å². The molecule has 2 rings (SSSR count). The van der Waals surface area contributed by atoms with Gasteiger partial charge in [0.2, 0.25) is 5.91 Å². The third-order valence-electron chi connectivity index (χ3n) is 4.29. The summed E-state index contributed by atoms with van der Waals surface area (Å²) >= 11 is 0. The lowest BCUT2D eigenvalue weighted by Crippen LogP contribution is -2.38. The van der Waals surface area contributed by atoms with Gasteiger partial charge in [0.15, 0.2) is 0 Å². The Bertz CT molecular complexity index is 584. The highest BCUT2D eigenvalue weighted by atomic mass is 16.2. The summed E-state index contributed by atoms with van der Waals surface area (Å²) in [6.07, 6.45) is 2.69. The van der Waals surface area contributed by atoms with E-state index in [-0.39, 0.29) is 24.1 Å². The second kappa shape index (κ2) is 6.91. The molecular formula is C15H25N5O2. The van der Waals surface area contributed by atoms with Gasteiger partial charge in [-0.25, -0.2) is 4.68 Å². The molecule has 1 aliphatic rings. The van der Waals surface area contributed by atoms with Crippen molar-refractivity contribution in [3.05, 3.63) is 22.6 Å². The molecule has 0 aliphatic carbocycles. The van der Waals surface area contributed by atoms with Crippen LogP contribution in [-0.2, 0) is 11.3 Å². The maximum absolute atomic E-state index is 12.2. The SMILES string of the molecule is CC(C)N(C)C(=O)Cn1ncc(N2CCC(CN)C2)cc1=O. The third kappa shape index (κ3) is 3.65. The summed E-state index contributed by atoms with van der Waals surface area (Å²) in [7, 11) is 1.73. The lowest BCUT2D eigenvalue weighted by Gasteiger charge is -2.22. The number of aromatic nitrogens is 2. The molecule has 1 fully saturated rings. The first kappa shape index (κ1) is 16.5. The van der Waals surface area contributed by atoms with Gasteiger partial charge in [-0.15, -0.1) is 0 Å². The molecule has 1 saturated heterocycles. The van der Waals surface area contributed by atoms with E-state index in [0.29, 0.717) is 12.5 Å². The average molecular weight is 307 g/mol. The number of hydrogen-bond donors (Lipinski definition) is 1. The van der Waals surface area contributed by atoms with Gasteiger partial charge >= 0.3 is 0 Å². The van der Waals surface area contributed by atoms with Crippen molar-refractivity contribution in [2.45, 2.75) is 32.9 Å². The third-order valence-corrected chi connectivity index (χ3v) is 4.29. The van der Waals surface area contributed by atoms with Crippen LogP contribution in [0.3, 0.4) is 0 Å². The van der Waals surface area contributed by atoms with Crippen molar-refractivity contribution < 1.29 is 4.79 Å². The predicted molar refractivity (Wildman–Crippen MR) is 85.8 cm³/mol. The fourth-order valence-corrected chi connectivity index (χ4v) is 2.50. The zero-order valence-corrected chi connectivity index (χ0v) is 13.5. The molecule has 0 radical (unpaired) electrons. The van der Waals surface area contributed by atoms with Crippen molar-refractivity contribution in [2.75, 3.05) is 31.6 Å². The minimum Gasteiger partial charge on any atom is -0.370 e. The molecule has 1 aromatic heterocycles. The highest BCUT2D eigenvalue weighted by Crippen LogP contribution is 2.21. The number of nitrogens with zero attached hydrogens (tertiary/aromatic N) is 4. The Kier molecular flexibility index (Phi) is 5.18. The van der Waals surface area contributed by atoms with Crippen LogP contribution in [0, 0.1) is 5.92 Å². The van der Waals surface area contributed by atoms with Gasteiger partial charge in [-0.2, -0.15) is 5.10 Å². The molecule has 0 saturated carbocycles. The molecule has 7 nitrogen and oxygen atoms in total. The van der Waals surface area contributed by atoms with Crippen LogP contribution in [0.15, 0.2) is 17.1 Å². The number of anilines is 1. The van der Waals surface area contributed by atoms with Crippen LogP contribution in [0.5, 0.6) is 0 Å². The topological polar surface area (TPSA) is 84.5 Å². The largest absolute Gasteiger partial charge is 0.370 e. The molecule has 22 heavy (non-hydrogen) atoms. The number of carbonyl (C=O) groups is 1. The molecule has 122 valence electrons. The molecule has 7 heteroatoms. The summed E-state index contributed by atoms with van der Waals surface area (Å²) in [4.78, 5) is 27.9. The maximum atomic E-state index is 12.2. The first-order valence-corrected chi connectivity index (χ1v) is 7.70. The Morgan fingerprint density at radius 3 is 2.82 bits per heavy atom. The minimum atomic E-state index is -0.251. The number of hydrogen-bond acceptors (Lipinski definition) is 5. The van der Waals surface area contributed by atoms with Crippen LogP contribution in [-0.4, -0.2) is 53.3 Å². The molecule has 1 atom stereocenters. The molecule has 1 amide bonds. The van der Waals surface area contributed by atoms with Crippen LogP contribution in [0.2, 0.25) is 0 Å². The lowest BCUT2D eigenvalue weighted by molar-refractivity contribution is -0.132. The van der Waals surface area contributed by atoms with Gasteiger partial charge in [-0.3, -0.25) is 9.59 Å². The monoisotopic (exact) mass is 307 g/mol. The smallest absolute Gasteiger partial charge is 0.269 e. The van der Waals surface area contributed by atoms with Crippen LogP contribution in [0.1, 0.15) is 20.3 Å². The second-order valence-corrected chi connectivity index (χ2v) is 6.14. The maximum Gasteiger partial charge on any atom is 0.269 e. The summed E-state index contributed by atoms with van der Waals surface area (Å²) in [5, 5.41) is 4.14. The summed E-state index contributed by atoms with van der Waals surface area (Å²) in [6, 6.07) is 1.65. The van der Waals surface area contributed by atoms with E-state index in [9.17, 15) is 9.59 Å². The predicted octanol–water partition coefficient (Wildman–Crippen LogP) is -0.105. The molecule has 0 spiro atoms. The molecule has 2 N–H and O–H groups in total. The Labute approximate surface area is 130 Å². The fraction of sp³-hybridized carbons (Fsp3) is 0.667. The zero-order valence-electron chi connectivity index (χ0n) is 13.5. The lowest BCUT2D eigenvalue weighted by atomic mass is 10.1. The van der Waals surface area contributed by atoms with Crippen LogP contribution in [0.25, 0.3) is 0 Å². The summed E-state index contributed by atoms with van der Waals surface area (Å²) in [6.45, 7) is 6.24. The van der Waals surface area contributed by atoms with E-state index in [1.165, 1.54) is 4.68 Å². The second-order valence-electron chi connectivity index (χ2n) is 6.14. The highest BCUT2D eigenvalue weighted by molar-refractivity contribution is 5.75. The average Bonchev–Trinajstić information content (AvgIpc) is 2.97. The van der Waals surface area contributed by atoms with Crippen LogP contribution in [0.4, 0.5) is 5.69 Å². The molecule has 1 aromatic rings. The number of likely N-dealkylation sites (N-methyl/N-ethyl adjacent to an activating group) is 1. The standard InChI is InChI=1S/C15H25N5O2/c1-11(2)18(3)15(22)10-20-14(21)6-13(8-17-20)19-5-4-12(7-16)9-19/h6,8,11-12H,4-5,7,9-10,16H2,1-3H3. The summed E-state index contributed by atoms with van der Waals surface area (Å²) in [5.41, 5.74) is 6.24. The van der Waals surface area contributed by atoms with Crippen molar-refractivity contribution in [3.8, 4) is 0 Å². The molecule has 0 aromatic carbocycles. The number of carbonyl (C=O) groups excluding carboxylic acids is 1. The Morgan fingerprint density at radius 1 is 1.55 bits per heavy atom. The summed E-state index contributed by atoms with van der Waals surface area (Å²) in [5.74, 6) is 0.352. The van der Waals surface area contributed by atoms with Crippen molar-refractivity contribution in [1.82, 2.24) is 14.7 Å².